The molecule has 1 unspecified atom stereocenters. The van der Waals surface area contributed by atoms with Crippen molar-refractivity contribution in [1.82, 2.24) is 10.2 Å². The largest absolute Gasteiger partial charge is 0.462 e. The Morgan fingerprint density at radius 1 is 1.18 bits per heavy atom. The first-order valence-corrected chi connectivity index (χ1v) is 11.8. The van der Waals surface area contributed by atoms with Gasteiger partial charge in [-0.1, -0.05) is 56.3 Å². The van der Waals surface area contributed by atoms with E-state index in [2.05, 4.69) is 10.6 Å². The van der Waals surface area contributed by atoms with Crippen molar-refractivity contribution >= 4 is 41.0 Å². The highest BCUT2D eigenvalue weighted by atomic mass is 32.1. The van der Waals surface area contributed by atoms with Gasteiger partial charge >= 0.3 is 5.97 Å². The number of carbonyl (C=O) groups excluding carboxylic acids is 2. The molecule has 178 valence electrons. The molecule has 0 fully saturated rings. The second kappa shape index (κ2) is 11.6. The van der Waals surface area contributed by atoms with Crippen molar-refractivity contribution in [2.75, 3.05) is 18.5 Å². The molecular formula is C27H31N3O3S. The van der Waals surface area contributed by atoms with Crippen molar-refractivity contribution in [2.24, 2.45) is 5.92 Å². The number of rotatable bonds is 8. The number of esters is 1. The quantitative estimate of drug-likeness (QED) is 0.315. The minimum Gasteiger partial charge on any atom is -0.462 e. The van der Waals surface area contributed by atoms with Gasteiger partial charge in [-0.15, -0.1) is 0 Å². The molecule has 0 bridgehead atoms. The second-order valence-electron chi connectivity index (χ2n) is 8.48. The van der Waals surface area contributed by atoms with Gasteiger partial charge < -0.3 is 20.3 Å². The number of thiocarbonyl (C=S) groups is 1. The van der Waals surface area contributed by atoms with E-state index in [1.165, 1.54) is 6.08 Å². The second-order valence-corrected chi connectivity index (χ2v) is 8.86. The molecule has 3 rings (SSSR count). The Morgan fingerprint density at radius 2 is 1.91 bits per heavy atom. The maximum atomic E-state index is 13.1. The zero-order valence-corrected chi connectivity index (χ0v) is 20.8. The molecule has 7 heteroatoms. The normalized spacial score (nSPS) is 16.1. The molecule has 2 N–H and O–H groups in total. The van der Waals surface area contributed by atoms with Crippen LogP contribution in [0.3, 0.4) is 0 Å². The fraction of sp³-hybridized carbons (Fsp3) is 0.296. The fourth-order valence-corrected chi connectivity index (χ4v) is 4.10. The van der Waals surface area contributed by atoms with Crippen LogP contribution in [0.25, 0.3) is 6.08 Å². The number of nitrogens with one attached hydrogen (secondary N) is 2. The van der Waals surface area contributed by atoms with Crippen LogP contribution in [-0.4, -0.2) is 35.0 Å². The topological polar surface area (TPSA) is 70.7 Å². The van der Waals surface area contributed by atoms with E-state index in [1.54, 1.807) is 6.08 Å². The summed E-state index contributed by atoms with van der Waals surface area (Å²) in [5.74, 6) is -0.385. The molecule has 2 aromatic rings. The Kier molecular flexibility index (Phi) is 8.60. The van der Waals surface area contributed by atoms with Crippen LogP contribution < -0.4 is 10.6 Å². The van der Waals surface area contributed by atoms with Crippen LogP contribution in [0, 0.1) is 5.92 Å². The number of hydrogen-bond donors (Lipinski definition) is 2. The van der Waals surface area contributed by atoms with Gasteiger partial charge in [0.1, 0.15) is 0 Å². The van der Waals surface area contributed by atoms with Gasteiger partial charge in [0.2, 0.25) is 5.91 Å². The van der Waals surface area contributed by atoms with Gasteiger partial charge in [-0.3, -0.25) is 4.79 Å². The predicted octanol–water partition coefficient (Wildman–Crippen LogP) is 5.06. The van der Waals surface area contributed by atoms with Gasteiger partial charge in [0, 0.05) is 24.0 Å². The average Bonchev–Trinajstić information content (AvgIpc) is 2.82. The summed E-state index contributed by atoms with van der Waals surface area (Å²) in [6.07, 6.45) is 3.25. The van der Waals surface area contributed by atoms with E-state index in [-0.39, 0.29) is 17.8 Å². The molecule has 0 aromatic heterocycles. The van der Waals surface area contributed by atoms with Crippen LogP contribution in [-0.2, 0) is 14.3 Å². The Labute approximate surface area is 206 Å². The van der Waals surface area contributed by atoms with E-state index < -0.39 is 6.04 Å². The van der Waals surface area contributed by atoms with Crippen LogP contribution in [0.2, 0.25) is 0 Å². The minimum atomic E-state index is -0.480. The zero-order valence-electron chi connectivity index (χ0n) is 20.0. The van der Waals surface area contributed by atoms with Crippen molar-refractivity contribution < 1.29 is 14.3 Å². The smallest absolute Gasteiger partial charge is 0.338 e. The van der Waals surface area contributed by atoms with Crippen molar-refractivity contribution in [3.05, 3.63) is 83.1 Å². The number of ether oxygens (including phenoxy) is 1. The molecule has 6 nitrogen and oxygen atoms in total. The molecule has 34 heavy (non-hydrogen) atoms. The molecule has 0 saturated carbocycles. The third-order valence-electron chi connectivity index (χ3n) is 5.39. The zero-order chi connectivity index (χ0) is 24.7. The highest BCUT2D eigenvalue weighted by Crippen LogP contribution is 2.32. The maximum Gasteiger partial charge on any atom is 0.338 e. The molecule has 1 amide bonds. The summed E-state index contributed by atoms with van der Waals surface area (Å²) in [5.41, 5.74) is 3.66. The van der Waals surface area contributed by atoms with Gasteiger partial charge in [-0.05, 0) is 61.3 Å². The van der Waals surface area contributed by atoms with E-state index in [9.17, 15) is 9.59 Å². The average molecular weight is 478 g/mol. The monoisotopic (exact) mass is 477 g/mol. The summed E-state index contributed by atoms with van der Waals surface area (Å²) in [5, 5.41) is 6.72. The molecule has 0 aliphatic carbocycles. The Morgan fingerprint density at radius 3 is 2.59 bits per heavy atom. The summed E-state index contributed by atoms with van der Waals surface area (Å²) >= 11 is 5.56. The first kappa shape index (κ1) is 25.2. The number of hydrogen-bond acceptors (Lipinski definition) is 4. The number of carbonyl (C=O) groups is 2. The van der Waals surface area contributed by atoms with Gasteiger partial charge in [-0.2, -0.15) is 0 Å². The molecule has 0 radical (unpaired) electrons. The number of anilines is 1. The maximum absolute atomic E-state index is 13.1. The molecular weight excluding hydrogens is 446 g/mol. The Balaban J connectivity index is 1.85. The Hall–Kier alpha value is -3.45. The van der Waals surface area contributed by atoms with Crippen molar-refractivity contribution in [3.63, 3.8) is 0 Å². The highest BCUT2D eigenvalue weighted by Gasteiger charge is 2.34. The lowest BCUT2D eigenvalue weighted by molar-refractivity contribution is -0.140. The van der Waals surface area contributed by atoms with Crippen LogP contribution in [0.4, 0.5) is 5.69 Å². The van der Waals surface area contributed by atoms with Gasteiger partial charge in [0.15, 0.2) is 5.11 Å². The fourth-order valence-electron chi connectivity index (χ4n) is 3.71. The van der Waals surface area contributed by atoms with E-state index in [0.29, 0.717) is 29.5 Å². The van der Waals surface area contributed by atoms with E-state index in [1.807, 2.05) is 87.2 Å². The molecule has 1 heterocycles. The third kappa shape index (κ3) is 6.32. The van der Waals surface area contributed by atoms with Crippen molar-refractivity contribution in [1.29, 1.82) is 0 Å². The Bertz CT molecular complexity index is 1110. The number of nitrogens with zero attached hydrogens (tertiary/aromatic N) is 1. The van der Waals surface area contributed by atoms with Crippen LogP contribution in [0.1, 0.15) is 44.9 Å². The molecule has 0 spiro atoms. The van der Waals surface area contributed by atoms with Gasteiger partial charge in [-0.25, -0.2) is 4.79 Å². The SMILES string of the molecule is CCN1C(=S)NC(c2cccc(NC(=O)C=Cc3ccccc3)c2)C(C(=O)OCC(C)C)=C1C. The first-order chi connectivity index (χ1) is 16.3. The summed E-state index contributed by atoms with van der Waals surface area (Å²) in [6, 6.07) is 16.5. The van der Waals surface area contributed by atoms with E-state index in [4.69, 9.17) is 17.0 Å². The summed E-state index contributed by atoms with van der Waals surface area (Å²) in [4.78, 5) is 27.4. The minimum absolute atomic E-state index is 0.227. The number of amides is 1. The van der Waals surface area contributed by atoms with Gasteiger partial charge in [0.25, 0.3) is 0 Å². The van der Waals surface area contributed by atoms with Crippen molar-refractivity contribution in [2.45, 2.75) is 33.7 Å². The van der Waals surface area contributed by atoms with E-state index >= 15 is 0 Å². The predicted molar refractivity (Wildman–Crippen MR) is 140 cm³/mol. The third-order valence-corrected chi connectivity index (χ3v) is 5.73. The molecule has 1 aliphatic heterocycles. The summed E-state index contributed by atoms with van der Waals surface area (Å²) in [7, 11) is 0. The first-order valence-electron chi connectivity index (χ1n) is 11.4. The van der Waals surface area contributed by atoms with Crippen LogP contribution >= 0.6 is 12.2 Å². The lowest BCUT2D eigenvalue weighted by Crippen LogP contribution is -2.47. The summed E-state index contributed by atoms with van der Waals surface area (Å²) in [6.45, 7) is 8.83. The van der Waals surface area contributed by atoms with Crippen LogP contribution in [0.15, 0.2) is 71.9 Å². The lowest BCUT2D eigenvalue weighted by Gasteiger charge is -2.37. The van der Waals surface area contributed by atoms with Crippen LogP contribution in [0.5, 0.6) is 0 Å². The number of benzene rings is 2. The van der Waals surface area contributed by atoms with E-state index in [0.717, 1.165) is 16.8 Å². The molecule has 0 saturated heterocycles. The molecule has 2 aromatic carbocycles. The molecule has 1 aliphatic rings. The lowest BCUT2D eigenvalue weighted by atomic mass is 9.94. The van der Waals surface area contributed by atoms with Crippen molar-refractivity contribution in [3.8, 4) is 0 Å². The van der Waals surface area contributed by atoms with Gasteiger partial charge in [0.05, 0.1) is 18.2 Å². The highest BCUT2D eigenvalue weighted by molar-refractivity contribution is 7.80. The number of allylic oxidation sites excluding steroid dienone is 1. The molecule has 1 atom stereocenters. The summed E-state index contributed by atoms with van der Waals surface area (Å²) < 4.78 is 5.58. The standard InChI is InChI=1S/C27H31N3O3S/c1-5-30-19(4)24(26(32)33-17-18(2)3)25(29-27(30)34)21-12-9-13-22(16-21)28-23(31)15-14-20-10-7-6-8-11-20/h6-16,18,25H,5,17H2,1-4H3,(H,28,31)(H,29,34).